The van der Waals surface area contributed by atoms with Gasteiger partial charge in [-0.15, -0.1) is 0 Å². The van der Waals surface area contributed by atoms with Gasteiger partial charge in [0.1, 0.15) is 17.2 Å². The number of ether oxygens (including phenoxy) is 1. The van der Waals surface area contributed by atoms with Crippen LogP contribution in [0.5, 0.6) is 5.75 Å². The van der Waals surface area contributed by atoms with Crippen LogP contribution in [0.3, 0.4) is 0 Å². The van der Waals surface area contributed by atoms with E-state index in [1.165, 1.54) is 23.3 Å². The lowest BCUT2D eigenvalue weighted by molar-refractivity contribution is 0.198. The minimum atomic E-state index is -0.318. The summed E-state index contributed by atoms with van der Waals surface area (Å²) in [6.45, 7) is 4.63. The number of urea groups is 1. The summed E-state index contributed by atoms with van der Waals surface area (Å²) in [6, 6.07) is 17.0. The second-order valence-corrected chi connectivity index (χ2v) is 10.1. The molecule has 0 saturated heterocycles. The van der Waals surface area contributed by atoms with E-state index in [1.807, 2.05) is 11.0 Å². The second-order valence-electron chi connectivity index (χ2n) is 10.1. The van der Waals surface area contributed by atoms with E-state index in [4.69, 9.17) is 4.74 Å². The molecule has 2 aliphatic heterocycles. The molecule has 0 unspecified atom stereocenters. The highest BCUT2D eigenvalue weighted by Crippen LogP contribution is 2.36. The first-order valence-corrected chi connectivity index (χ1v) is 13.4. The van der Waals surface area contributed by atoms with Gasteiger partial charge < -0.3 is 19.9 Å². The highest BCUT2D eigenvalue weighted by atomic mass is 19.1. The minimum Gasteiger partial charge on any atom is -0.496 e. The van der Waals surface area contributed by atoms with Gasteiger partial charge in [-0.2, -0.15) is 0 Å². The fourth-order valence-electron chi connectivity index (χ4n) is 5.60. The first-order chi connectivity index (χ1) is 19.1. The molecule has 0 saturated carbocycles. The molecule has 2 N–H and O–H groups in total. The van der Waals surface area contributed by atoms with Crippen LogP contribution in [0.2, 0.25) is 0 Å². The third-order valence-corrected chi connectivity index (χ3v) is 7.74. The van der Waals surface area contributed by atoms with Gasteiger partial charge in [0.05, 0.1) is 7.11 Å². The number of H-pyrrole nitrogens is 1. The Bertz CT molecular complexity index is 1550. The van der Waals surface area contributed by atoms with Crippen LogP contribution in [0.1, 0.15) is 23.2 Å². The molecule has 7 nitrogen and oxygen atoms in total. The number of halogens is 1. The van der Waals surface area contributed by atoms with E-state index in [1.54, 1.807) is 19.4 Å². The molecule has 0 aliphatic carbocycles. The fraction of sp³-hybridized carbons (Fsp3) is 0.290. The van der Waals surface area contributed by atoms with Gasteiger partial charge in [-0.3, -0.25) is 4.90 Å². The van der Waals surface area contributed by atoms with E-state index in [-0.39, 0.29) is 11.8 Å². The first-order valence-electron chi connectivity index (χ1n) is 13.4. The molecule has 0 spiro atoms. The number of rotatable bonds is 6. The van der Waals surface area contributed by atoms with Crippen molar-refractivity contribution in [2.24, 2.45) is 0 Å². The molecule has 2 aromatic carbocycles. The summed E-state index contributed by atoms with van der Waals surface area (Å²) in [5.74, 6) is 0.288. The number of carbonyl (C=O) groups excluding carboxylic acids is 1. The number of amides is 2. The van der Waals surface area contributed by atoms with E-state index >= 15 is 0 Å². The SMILES string of the molecule is COc1ccc(F)cc1-c1ccnc2[nH]c(C3=CCN(C(=O)NCCN4CCc5ccccc5C4)CC3)cc12. The Hall–Kier alpha value is -4.17. The van der Waals surface area contributed by atoms with Crippen LogP contribution in [-0.2, 0) is 13.0 Å². The van der Waals surface area contributed by atoms with Crippen molar-refractivity contribution in [3.05, 3.63) is 89.5 Å². The van der Waals surface area contributed by atoms with Crippen LogP contribution >= 0.6 is 0 Å². The van der Waals surface area contributed by atoms with Gasteiger partial charge in [0.15, 0.2) is 0 Å². The van der Waals surface area contributed by atoms with E-state index in [9.17, 15) is 9.18 Å². The zero-order chi connectivity index (χ0) is 26.8. The van der Waals surface area contributed by atoms with E-state index in [2.05, 4.69) is 56.6 Å². The third kappa shape index (κ3) is 5.25. The van der Waals surface area contributed by atoms with Crippen molar-refractivity contribution >= 4 is 22.6 Å². The van der Waals surface area contributed by atoms with Gasteiger partial charge in [0, 0.05) is 62.1 Å². The Morgan fingerprint density at radius 1 is 1.08 bits per heavy atom. The fourth-order valence-corrected chi connectivity index (χ4v) is 5.60. The molecule has 0 fully saturated rings. The third-order valence-electron chi connectivity index (χ3n) is 7.74. The molecule has 0 atom stereocenters. The Labute approximate surface area is 227 Å². The largest absolute Gasteiger partial charge is 0.496 e. The molecule has 2 aliphatic rings. The molecule has 0 bridgehead atoms. The summed E-state index contributed by atoms with van der Waals surface area (Å²) in [5.41, 5.74) is 7.20. The zero-order valence-electron chi connectivity index (χ0n) is 22.0. The van der Waals surface area contributed by atoms with Crippen LogP contribution in [0, 0.1) is 5.82 Å². The molecule has 4 aromatic rings. The standard InChI is InChI=1S/C31H32FN5O2/c1-39-29-7-6-24(32)18-26(29)25-8-12-33-30-27(25)19-28(35-30)22-10-15-37(16-11-22)31(38)34-13-17-36-14-9-21-4-2-3-5-23(21)20-36/h2-8,10,12,18-19H,9,11,13-17,20H2,1H3,(H,33,35)(H,34,38). The normalized spacial score (nSPS) is 15.6. The lowest BCUT2D eigenvalue weighted by Gasteiger charge is -2.30. The van der Waals surface area contributed by atoms with Gasteiger partial charge in [-0.1, -0.05) is 30.3 Å². The number of hydrogen-bond donors (Lipinski definition) is 2. The zero-order valence-corrected chi connectivity index (χ0v) is 22.0. The van der Waals surface area contributed by atoms with Crippen LogP contribution < -0.4 is 10.1 Å². The molecule has 6 rings (SSSR count). The Kier molecular flexibility index (Phi) is 7.02. The summed E-state index contributed by atoms with van der Waals surface area (Å²) in [6.07, 6.45) is 5.61. The number of pyridine rings is 1. The van der Waals surface area contributed by atoms with Gasteiger partial charge in [-0.25, -0.2) is 14.2 Å². The predicted octanol–water partition coefficient (Wildman–Crippen LogP) is 5.23. The van der Waals surface area contributed by atoms with Crippen molar-refractivity contribution in [3.63, 3.8) is 0 Å². The molecular formula is C31H32FN5O2. The van der Waals surface area contributed by atoms with Gasteiger partial charge >= 0.3 is 6.03 Å². The number of aromatic amines is 1. The molecular weight excluding hydrogens is 493 g/mol. The lowest BCUT2D eigenvalue weighted by Crippen LogP contribution is -2.45. The van der Waals surface area contributed by atoms with Crippen LogP contribution in [0.4, 0.5) is 9.18 Å². The quantitative estimate of drug-likeness (QED) is 0.361. The Morgan fingerprint density at radius 3 is 2.77 bits per heavy atom. The summed E-state index contributed by atoms with van der Waals surface area (Å²) in [4.78, 5) is 25.0. The van der Waals surface area contributed by atoms with E-state index < -0.39 is 0 Å². The van der Waals surface area contributed by atoms with Crippen molar-refractivity contribution in [2.75, 3.05) is 39.8 Å². The van der Waals surface area contributed by atoms with Crippen molar-refractivity contribution in [1.29, 1.82) is 0 Å². The van der Waals surface area contributed by atoms with E-state index in [0.717, 1.165) is 60.3 Å². The maximum absolute atomic E-state index is 14.1. The average molecular weight is 526 g/mol. The van der Waals surface area contributed by atoms with Gasteiger partial charge in [-0.05, 0) is 65.4 Å². The molecule has 2 aromatic heterocycles. The van der Waals surface area contributed by atoms with Crippen molar-refractivity contribution in [2.45, 2.75) is 19.4 Å². The number of carbonyl (C=O) groups is 1. The first kappa shape index (κ1) is 25.1. The monoisotopic (exact) mass is 525 g/mol. The summed E-state index contributed by atoms with van der Waals surface area (Å²) >= 11 is 0. The molecule has 200 valence electrons. The number of benzene rings is 2. The maximum atomic E-state index is 14.1. The summed E-state index contributed by atoms with van der Waals surface area (Å²) in [5, 5.41) is 4.00. The molecule has 2 amide bonds. The Balaban J connectivity index is 1.09. The molecule has 0 radical (unpaired) electrons. The second kappa shape index (κ2) is 10.9. The number of nitrogens with zero attached hydrogens (tertiary/aromatic N) is 3. The topological polar surface area (TPSA) is 73.5 Å². The highest BCUT2D eigenvalue weighted by molar-refractivity contribution is 5.96. The number of aromatic nitrogens is 2. The molecule has 39 heavy (non-hydrogen) atoms. The van der Waals surface area contributed by atoms with Crippen molar-refractivity contribution in [3.8, 4) is 16.9 Å². The highest BCUT2D eigenvalue weighted by Gasteiger charge is 2.21. The summed E-state index contributed by atoms with van der Waals surface area (Å²) in [7, 11) is 1.58. The number of nitrogens with one attached hydrogen (secondary N) is 2. The lowest BCUT2D eigenvalue weighted by atomic mass is 10.00. The van der Waals surface area contributed by atoms with Gasteiger partial charge in [0.25, 0.3) is 0 Å². The minimum absolute atomic E-state index is 0.0264. The van der Waals surface area contributed by atoms with Crippen molar-refractivity contribution in [1.82, 2.24) is 25.1 Å². The van der Waals surface area contributed by atoms with Crippen molar-refractivity contribution < 1.29 is 13.9 Å². The van der Waals surface area contributed by atoms with Crippen LogP contribution in [-0.4, -0.2) is 65.6 Å². The smallest absolute Gasteiger partial charge is 0.317 e. The number of fused-ring (bicyclic) bond motifs is 2. The number of methoxy groups -OCH3 is 1. The van der Waals surface area contributed by atoms with E-state index in [0.29, 0.717) is 30.9 Å². The van der Waals surface area contributed by atoms with Crippen LogP contribution in [0.25, 0.3) is 27.7 Å². The molecule has 8 heteroatoms. The maximum Gasteiger partial charge on any atom is 0.317 e. The average Bonchev–Trinajstić information content (AvgIpc) is 3.42. The summed E-state index contributed by atoms with van der Waals surface area (Å²) < 4.78 is 19.5. The number of hydrogen-bond acceptors (Lipinski definition) is 4. The predicted molar refractivity (Wildman–Crippen MR) is 151 cm³/mol. The van der Waals surface area contributed by atoms with Gasteiger partial charge in [0.2, 0.25) is 0 Å². The van der Waals surface area contributed by atoms with Crippen LogP contribution in [0.15, 0.2) is 66.9 Å². The Morgan fingerprint density at radius 2 is 1.95 bits per heavy atom. The molecule has 4 heterocycles.